The highest BCUT2D eigenvalue weighted by Gasteiger charge is 2.34. The van der Waals surface area contributed by atoms with E-state index in [0.717, 1.165) is 31.4 Å². The maximum Gasteiger partial charge on any atom is 0.573 e. The van der Waals surface area contributed by atoms with E-state index >= 15 is 0 Å². The van der Waals surface area contributed by atoms with Crippen LogP contribution >= 0.6 is 0 Å². The second-order valence-electron chi connectivity index (χ2n) is 10.6. The number of anilines is 2. The molecule has 2 heterocycles. The van der Waals surface area contributed by atoms with Gasteiger partial charge < -0.3 is 19.5 Å². The van der Waals surface area contributed by atoms with Crippen molar-refractivity contribution in [1.29, 1.82) is 5.26 Å². The molecule has 1 saturated carbocycles. The summed E-state index contributed by atoms with van der Waals surface area (Å²) in [5.41, 5.74) is 0.393. The van der Waals surface area contributed by atoms with Gasteiger partial charge in [-0.15, -0.1) is 13.2 Å². The summed E-state index contributed by atoms with van der Waals surface area (Å²) < 4.78 is 86.1. The lowest BCUT2D eigenvalue weighted by Gasteiger charge is -2.32. The molecule has 2 aromatic heterocycles. The van der Waals surface area contributed by atoms with Gasteiger partial charge in [0.25, 0.3) is 0 Å². The van der Waals surface area contributed by atoms with Crippen LogP contribution in [0.25, 0.3) is 22.6 Å². The number of hydrogen-bond acceptors (Lipinski definition) is 7. The minimum absolute atomic E-state index is 0.00147. The maximum atomic E-state index is 13.5. The molecule has 14 heteroatoms. The van der Waals surface area contributed by atoms with Crippen LogP contribution < -0.4 is 15.0 Å². The molecule has 1 aliphatic rings. The van der Waals surface area contributed by atoms with Crippen molar-refractivity contribution in [3.8, 4) is 23.2 Å². The molecule has 4 aromatic rings. The fourth-order valence-corrected chi connectivity index (χ4v) is 4.99. The fraction of sp³-hybridized carbons (Fsp3) is 0.379. The summed E-state index contributed by atoms with van der Waals surface area (Å²) in [5.74, 6) is -0.136. The van der Waals surface area contributed by atoms with Gasteiger partial charge in [0.1, 0.15) is 23.2 Å². The molecule has 2 aromatic carbocycles. The van der Waals surface area contributed by atoms with Crippen molar-refractivity contribution in [2.75, 3.05) is 24.3 Å². The SMILES string of the molecule is C[C@@H](Nc1nc(C#N)nc2nc(-c3cc(N(C)C)ccc3OC(F)(F)F)n(Cc3ccc(C(F)(F)F)cc3)c12)C1CCC1. The maximum absolute atomic E-state index is 13.5. The number of halogens is 6. The fourth-order valence-electron chi connectivity index (χ4n) is 4.99. The Morgan fingerprint density at radius 2 is 1.74 bits per heavy atom. The first-order chi connectivity index (χ1) is 20.2. The zero-order chi connectivity index (χ0) is 31.1. The smallest absolute Gasteiger partial charge is 0.405 e. The second-order valence-corrected chi connectivity index (χ2v) is 10.6. The van der Waals surface area contributed by atoms with Gasteiger partial charge in [0, 0.05) is 32.4 Å². The van der Waals surface area contributed by atoms with Gasteiger partial charge >= 0.3 is 12.5 Å². The first-order valence-corrected chi connectivity index (χ1v) is 13.4. The van der Waals surface area contributed by atoms with E-state index in [0.29, 0.717) is 17.2 Å². The van der Waals surface area contributed by atoms with Crippen LogP contribution in [-0.2, 0) is 12.7 Å². The third-order valence-electron chi connectivity index (χ3n) is 7.49. The number of ether oxygens (including phenoxy) is 1. The van der Waals surface area contributed by atoms with Crippen molar-refractivity contribution >= 4 is 22.7 Å². The first kappa shape index (κ1) is 29.9. The molecule has 0 amide bonds. The predicted molar refractivity (Wildman–Crippen MR) is 147 cm³/mol. The van der Waals surface area contributed by atoms with Gasteiger partial charge in [0.15, 0.2) is 11.5 Å². The highest BCUT2D eigenvalue weighted by atomic mass is 19.4. The van der Waals surface area contributed by atoms with Crippen LogP contribution in [0, 0.1) is 17.2 Å². The monoisotopic (exact) mass is 603 g/mol. The lowest BCUT2D eigenvalue weighted by Crippen LogP contribution is -2.31. The Hall–Kier alpha value is -4.54. The normalized spacial score (nSPS) is 14.7. The number of imidazole rings is 1. The van der Waals surface area contributed by atoms with E-state index in [1.807, 2.05) is 13.0 Å². The lowest BCUT2D eigenvalue weighted by atomic mass is 9.80. The molecule has 0 aliphatic heterocycles. The summed E-state index contributed by atoms with van der Waals surface area (Å²) in [6, 6.07) is 10.4. The van der Waals surface area contributed by atoms with Gasteiger partial charge in [-0.25, -0.2) is 4.98 Å². The number of fused-ring (bicyclic) bond motifs is 1. The van der Waals surface area contributed by atoms with Crippen LogP contribution in [0.15, 0.2) is 42.5 Å². The number of benzene rings is 2. The Labute approximate surface area is 242 Å². The third-order valence-corrected chi connectivity index (χ3v) is 7.49. The summed E-state index contributed by atoms with van der Waals surface area (Å²) >= 11 is 0. The molecule has 0 unspecified atom stereocenters. The molecular weight excluding hydrogens is 576 g/mol. The summed E-state index contributed by atoms with van der Waals surface area (Å²) in [6.07, 6.45) is -6.48. The molecule has 1 fully saturated rings. The Morgan fingerprint density at radius 3 is 2.30 bits per heavy atom. The first-order valence-electron chi connectivity index (χ1n) is 13.4. The number of nitriles is 1. The topological polar surface area (TPSA) is 91.9 Å². The van der Waals surface area contributed by atoms with E-state index in [4.69, 9.17) is 0 Å². The van der Waals surface area contributed by atoms with Crippen LogP contribution in [0.4, 0.5) is 37.8 Å². The summed E-state index contributed by atoms with van der Waals surface area (Å²) in [5, 5.41) is 13.0. The van der Waals surface area contributed by atoms with Crippen LogP contribution in [0.2, 0.25) is 0 Å². The van der Waals surface area contributed by atoms with E-state index < -0.39 is 23.9 Å². The molecule has 1 N–H and O–H groups in total. The third kappa shape index (κ3) is 6.45. The van der Waals surface area contributed by atoms with Gasteiger partial charge in [0.05, 0.1) is 11.1 Å². The second kappa shape index (κ2) is 11.3. The number of aromatic nitrogens is 4. The zero-order valence-corrected chi connectivity index (χ0v) is 23.4. The Morgan fingerprint density at radius 1 is 1.05 bits per heavy atom. The molecule has 0 spiro atoms. The Kier molecular flexibility index (Phi) is 7.85. The Balaban J connectivity index is 1.75. The largest absolute Gasteiger partial charge is 0.573 e. The quantitative estimate of drug-likeness (QED) is 0.217. The molecule has 226 valence electrons. The van der Waals surface area contributed by atoms with Crippen molar-refractivity contribution in [2.45, 2.75) is 51.3 Å². The van der Waals surface area contributed by atoms with Crippen molar-refractivity contribution in [3.05, 3.63) is 59.4 Å². The molecule has 0 saturated heterocycles. The molecule has 8 nitrogen and oxygen atoms in total. The molecule has 1 aliphatic carbocycles. The van der Waals surface area contributed by atoms with E-state index in [9.17, 15) is 31.6 Å². The number of nitrogens with one attached hydrogen (secondary N) is 1. The molecule has 0 radical (unpaired) electrons. The van der Waals surface area contributed by atoms with Crippen LogP contribution in [0.1, 0.15) is 43.1 Å². The number of alkyl halides is 6. The van der Waals surface area contributed by atoms with Crippen molar-refractivity contribution in [1.82, 2.24) is 19.5 Å². The number of nitrogens with zero attached hydrogens (tertiary/aromatic N) is 6. The molecule has 1 atom stereocenters. The number of rotatable bonds is 8. The average molecular weight is 604 g/mol. The van der Waals surface area contributed by atoms with Gasteiger partial charge in [-0.1, -0.05) is 18.6 Å². The zero-order valence-electron chi connectivity index (χ0n) is 23.4. The van der Waals surface area contributed by atoms with E-state index in [-0.39, 0.29) is 46.8 Å². The minimum atomic E-state index is -5.02. The molecular formula is C29H27F6N7O. The van der Waals surface area contributed by atoms with Gasteiger partial charge in [-0.3, -0.25) is 0 Å². The molecule has 5 rings (SSSR count). The average Bonchev–Trinajstić information content (AvgIpc) is 3.24. The van der Waals surface area contributed by atoms with Crippen LogP contribution in [-0.4, -0.2) is 46.0 Å². The minimum Gasteiger partial charge on any atom is -0.405 e. The van der Waals surface area contributed by atoms with Gasteiger partial charge in [-0.2, -0.15) is 28.4 Å². The lowest BCUT2D eigenvalue weighted by molar-refractivity contribution is -0.274. The van der Waals surface area contributed by atoms with E-state index in [1.54, 1.807) is 19.0 Å². The van der Waals surface area contributed by atoms with E-state index in [2.05, 4.69) is 25.0 Å². The Bertz CT molecular complexity index is 1670. The van der Waals surface area contributed by atoms with Crippen LogP contribution in [0.5, 0.6) is 5.75 Å². The number of hydrogen-bond donors (Lipinski definition) is 1. The molecule has 43 heavy (non-hydrogen) atoms. The van der Waals surface area contributed by atoms with E-state index in [1.165, 1.54) is 34.9 Å². The highest BCUT2D eigenvalue weighted by molar-refractivity contribution is 5.88. The highest BCUT2D eigenvalue weighted by Crippen LogP contribution is 2.40. The summed E-state index contributed by atoms with van der Waals surface area (Å²) in [4.78, 5) is 14.8. The summed E-state index contributed by atoms with van der Waals surface area (Å²) in [6.45, 7) is 1.88. The predicted octanol–water partition coefficient (Wildman–Crippen LogP) is 7.00. The van der Waals surface area contributed by atoms with Gasteiger partial charge in [0.2, 0.25) is 5.82 Å². The molecule has 0 bridgehead atoms. The van der Waals surface area contributed by atoms with Crippen molar-refractivity contribution in [3.63, 3.8) is 0 Å². The summed E-state index contributed by atoms with van der Waals surface area (Å²) in [7, 11) is 3.42. The van der Waals surface area contributed by atoms with Crippen molar-refractivity contribution in [2.24, 2.45) is 5.92 Å². The van der Waals surface area contributed by atoms with Crippen LogP contribution in [0.3, 0.4) is 0 Å². The van der Waals surface area contributed by atoms with Crippen molar-refractivity contribution < 1.29 is 31.1 Å². The van der Waals surface area contributed by atoms with Gasteiger partial charge in [-0.05, 0) is 61.6 Å². The standard InChI is InChI=1S/C29H27F6N7O/c1-16(18-5-4-6-18)37-25-24-26(39-23(14-36)38-25)40-27(42(24)15-17-7-9-19(10-8-17)28(30,31)32)21-13-20(41(2)3)11-12-22(21)43-29(33,34)35/h7-13,16,18H,4-6,15H2,1-3H3,(H,37,38,39)/t16-/m1/s1.